The molecule has 2 nitrogen and oxygen atoms in total. The fourth-order valence-electron chi connectivity index (χ4n) is 1.79. The molecule has 1 rings (SSSR count). The third-order valence-electron chi connectivity index (χ3n) is 2.34. The van der Waals surface area contributed by atoms with E-state index in [0.29, 0.717) is 12.5 Å². The Balaban J connectivity index is 2.57. The normalized spacial score (nSPS) is 37.0. The van der Waals surface area contributed by atoms with Crippen molar-refractivity contribution >= 4 is 0 Å². The largest absolute Gasteiger partial charge is 0.360 e. The summed E-state index contributed by atoms with van der Waals surface area (Å²) in [4.78, 5) is 0. The van der Waals surface area contributed by atoms with Gasteiger partial charge in [-0.15, -0.1) is 0 Å². The SMILES string of the molecule is CCOC1(C#N)CCC(C)C1. The van der Waals surface area contributed by atoms with Gasteiger partial charge < -0.3 is 4.74 Å². The Morgan fingerprint density at radius 3 is 2.82 bits per heavy atom. The van der Waals surface area contributed by atoms with Crippen LogP contribution in [0.25, 0.3) is 0 Å². The second-order valence-electron chi connectivity index (χ2n) is 3.39. The maximum Gasteiger partial charge on any atom is 0.154 e. The molecule has 0 aliphatic heterocycles. The van der Waals surface area contributed by atoms with Gasteiger partial charge in [-0.25, -0.2) is 0 Å². The van der Waals surface area contributed by atoms with Crippen molar-refractivity contribution in [2.75, 3.05) is 6.61 Å². The quantitative estimate of drug-likeness (QED) is 0.608. The van der Waals surface area contributed by atoms with Crippen LogP contribution in [-0.4, -0.2) is 12.2 Å². The van der Waals surface area contributed by atoms with E-state index < -0.39 is 5.60 Å². The molecule has 0 amide bonds. The lowest BCUT2D eigenvalue weighted by molar-refractivity contribution is 0.00854. The van der Waals surface area contributed by atoms with Crippen LogP contribution in [0, 0.1) is 17.2 Å². The first kappa shape index (κ1) is 8.55. The summed E-state index contributed by atoms with van der Waals surface area (Å²) in [6.07, 6.45) is 2.96. The lowest BCUT2D eigenvalue weighted by atomic mass is 10.0. The van der Waals surface area contributed by atoms with Gasteiger partial charge in [-0.2, -0.15) is 5.26 Å². The number of ether oxygens (including phenoxy) is 1. The molecule has 1 aliphatic carbocycles. The van der Waals surface area contributed by atoms with Crippen molar-refractivity contribution in [1.82, 2.24) is 0 Å². The molecule has 1 fully saturated rings. The monoisotopic (exact) mass is 153 g/mol. The van der Waals surface area contributed by atoms with E-state index >= 15 is 0 Å². The Labute approximate surface area is 68.2 Å². The van der Waals surface area contributed by atoms with E-state index in [9.17, 15) is 0 Å². The van der Waals surface area contributed by atoms with Crippen LogP contribution >= 0.6 is 0 Å². The summed E-state index contributed by atoms with van der Waals surface area (Å²) in [6.45, 7) is 4.78. The van der Waals surface area contributed by atoms with Gasteiger partial charge in [-0.3, -0.25) is 0 Å². The fourth-order valence-corrected chi connectivity index (χ4v) is 1.79. The molecular weight excluding hydrogens is 138 g/mol. The average Bonchev–Trinajstić information content (AvgIpc) is 2.34. The molecule has 0 spiro atoms. The number of rotatable bonds is 2. The first-order valence-electron chi connectivity index (χ1n) is 4.27. The highest BCUT2D eigenvalue weighted by Gasteiger charge is 2.38. The van der Waals surface area contributed by atoms with Crippen molar-refractivity contribution in [3.8, 4) is 6.07 Å². The first-order chi connectivity index (χ1) is 5.22. The van der Waals surface area contributed by atoms with Gasteiger partial charge in [0.05, 0.1) is 6.07 Å². The molecule has 11 heavy (non-hydrogen) atoms. The summed E-state index contributed by atoms with van der Waals surface area (Å²) >= 11 is 0. The van der Waals surface area contributed by atoms with Crippen molar-refractivity contribution in [3.05, 3.63) is 0 Å². The van der Waals surface area contributed by atoms with Gasteiger partial charge in [0.2, 0.25) is 0 Å². The average molecular weight is 153 g/mol. The molecule has 2 unspecified atom stereocenters. The molecule has 0 bridgehead atoms. The Bertz CT molecular complexity index is 169. The lowest BCUT2D eigenvalue weighted by Gasteiger charge is -2.19. The van der Waals surface area contributed by atoms with Gasteiger partial charge in [0.15, 0.2) is 5.60 Å². The summed E-state index contributed by atoms with van der Waals surface area (Å²) in [6, 6.07) is 2.29. The minimum Gasteiger partial charge on any atom is -0.360 e. The van der Waals surface area contributed by atoms with Crippen LogP contribution in [0.5, 0.6) is 0 Å². The molecule has 2 heteroatoms. The third kappa shape index (κ3) is 1.72. The van der Waals surface area contributed by atoms with Crippen LogP contribution in [0.15, 0.2) is 0 Å². The lowest BCUT2D eigenvalue weighted by Crippen LogP contribution is -2.27. The zero-order valence-corrected chi connectivity index (χ0v) is 7.26. The summed E-state index contributed by atoms with van der Waals surface area (Å²) in [5.74, 6) is 0.654. The first-order valence-corrected chi connectivity index (χ1v) is 4.27. The zero-order valence-electron chi connectivity index (χ0n) is 7.26. The molecule has 0 heterocycles. The van der Waals surface area contributed by atoms with E-state index in [-0.39, 0.29) is 0 Å². The number of nitriles is 1. The summed E-state index contributed by atoms with van der Waals surface area (Å²) in [7, 11) is 0. The van der Waals surface area contributed by atoms with E-state index in [1.54, 1.807) is 0 Å². The summed E-state index contributed by atoms with van der Waals surface area (Å²) < 4.78 is 5.45. The van der Waals surface area contributed by atoms with E-state index in [0.717, 1.165) is 19.3 Å². The Morgan fingerprint density at radius 2 is 2.45 bits per heavy atom. The summed E-state index contributed by atoms with van der Waals surface area (Å²) in [5, 5.41) is 8.89. The maximum atomic E-state index is 8.89. The second-order valence-corrected chi connectivity index (χ2v) is 3.39. The highest BCUT2D eigenvalue weighted by atomic mass is 16.5. The van der Waals surface area contributed by atoms with Crippen LogP contribution in [0.2, 0.25) is 0 Å². The van der Waals surface area contributed by atoms with Crippen LogP contribution in [0.3, 0.4) is 0 Å². The van der Waals surface area contributed by atoms with E-state index in [4.69, 9.17) is 10.00 Å². The Morgan fingerprint density at radius 1 is 1.73 bits per heavy atom. The zero-order chi connectivity index (χ0) is 8.32. The molecule has 1 aliphatic rings. The van der Waals surface area contributed by atoms with Crippen LogP contribution in [0.1, 0.15) is 33.1 Å². The number of nitrogens with zero attached hydrogens (tertiary/aromatic N) is 1. The Hall–Kier alpha value is -0.550. The highest BCUT2D eigenvalue weighted by Crippen LogP contribution is 2.36. The molecule has 0 saturated heterocycles. The topological polar surface area (TPSA) is 33.0 Å². The Kier molecular flexibility index (Phi) is 2.51. The van der Waals surface area contributed by atoms with Gasteiger partial charge in [0, 0.05) is 6.61 Å². The van der Waals surface area contributed by atoms with Crippen molar-refractivity contribution in [2.45, 2.75) is 38.7 Å². The van der Waals surface area contributed by atoms with E-state index in [1.807, 2.05) is 6.92 Å². The smallest absolute Gasteiger partial charge is 0.154 e. The maximum absolute atomic E-state index is 8.89. The van der Waals surface area contributed by atoms with Gasteiger partial charge in [0.25, 0.3) is 0 Å². The van der Waals surface area contributed by atoms with Gasteiger partial charge in [-0.1, -0.05) is 6.92 Å². The van der Waals surface area contributed by atoms with E-state index in [1.165, 1.54) is 0 Å². The predicted molar refractivity (Wildman–Crippen MR) is 43.0 cm³/mol. The van der Waals surface area contributed by atoms with Crippen molar-refractivity contribution in [1.29, 1.82) is 5.26 Å². The van der Waals surface area contributed by atoms with Gasteiger partial charge >= 0.3 is 0 Å². The summed E-state index contributed by atoms with van der Waals surface area (Å²) in [5.41, 5.74) is -0.436. The minimum absolute atomic E-state index is 0.436. The molecule has 0 radical (unpaired) electrons. The van der Waals surface area contributed by atoms with Crippen LogP contribution in [-0.2, 0) is 4.74 Å². The highest BCUT2D eigenvalue weighted by molar-refractivity contribution is 5.06. The van der Waals surface area contributed by atoms with Gasteiger partial charge in [-0.05, 0) is 32.1 Å². The van der Waals surface area contributed by atoms with Crippen LogP contribution in [0.4, 0.5) is 0 Å². The molecule has 2 atom stereocenters. The van der Waals surface area contributed by atoms with Crippen LogP contribution < -0.4 is 0 Å². The number of hydrogen-bond acceptors (Lipinski definition) is 2. The van der Waals surface area contributed by atoms with Crippen molar-refractivity contribution in [3.63, 3.8) is 0 Å². The molecule has 0 aromatic carbocycles. The molecule has 0 N–H and O–H groups in total. The standard InChI is InChI=1S/C9H15NO/c1-3-11-9(7-10)5-4-8(2)6-9/h8H,3-6H2,1-2H3. The number of hydrogen-bond donors (Lipinski definition) is 0. The fraction of sp³-hybridized carbons (Fsp3) is 0.889. The van der Waals surface area contributed by atoms with Crippen molar-refractivity contribution < 1.29 is 4.74 Å². The molecule has 0 aromatic rings. The minimum atomic E-state index is -0.436. The molecule has 0 aromatic heterocycles. The second kappa shape index (κ2) is 3.23. The molecular formula is C9H15NO. The van der Waals surface area contributed by atoms with Crippen molar-refractivity contribution in [2.24, 2.45) is 5.92 Å². The van der Waals surface area contributed by atoms with E-state index in [2.05, 4.69) is 13.0 Å². The van der Waals surface area contributed by atoms with Gasteiger partial charge in [0.1, 0.15) is 0 Å². The molecule has 1 saturated carbocycles. The third-order valence-corrected chi connectivity index (χ3v) is 2.34. The molecule has 62 valence electrons. The predicted octanol–water partition coefficient (Wildman–Crippen LogP) is 2.11.